The van der Waals surface area contributed by atoms with Crippen molar-refractivity contribution in [2.24, 2.45) is 46.3 Å². The third-order valence-electron chi connectivity index (χ3n) is 14.7. The van der Waals surface area contributed by atoms with Gasteiger partial charge in [0.05, 0.1) is 22.3 Å². The monoisotopic (exact) mass is 831 g/mol. The van der Waals surface area contributed by atoms with Crippen molar-refractivity contribution in [3.05, 3.63) is 71.4 Å². The number of nitrogens with zero attached hydrogens (tertiary/aromatic N) is 2. The Kier molecular flexibility index (Phi) is 12.8. The van der Waals surface area contributed by atoms with Crippen molar-refractivity contribution in [2.75, 3.05) is 6.61 Å². The predicted octanol–water partition coefficient (Wildman–Crippen LogP) is 5.55. The molecular weight excluding hydrogens is 775 g/mol. The van der Waals surface area contributed by atoms with Gasteiger partial charge in [-0.05, 0) is 127 Å². The van der Waals surface area contributed by atoms with E-state index < -0.39 is 32.8 Å². The van der Waals surface area contributed by atoms with Crippen LogP contribution in [0.3, 0.4) is 0 Å². The lowest BCUT2D eigenvalue weighted by Gasteiger charge is -2.62. The number of aliphatic hydroxyl groups is 2. The number of ether oxygens (including phenoxy) is 2. The summed E-state index contributed by atoms with van der Waals surface area (Å²) in [6.45, 7) is 6.91. The van der Waals surface area contributed by atoms with Gasteiger partial charge in [0.15, 0.2) is 0 Å². The van der Waals surface area contributed by atoms with Gasteiger partial charge in [0, 0.05) is 19.3 Å². The summed E-state index contributed by atoms with van der Waals surface area (Å²) in [5.41, 5.74) is 1.10. The molecule has 3 N–H and O–H groups in total. The Bertz CT molecular complexity index is 2120. The molecule has 1 amide bonds. The summed E-state index contributed by atoms with van der Waals surface area (Å²) in [4.78, 5) is 26.4. The van der Waals surface area contributed by atoms with Crippen molar-refractivity contribution in [1.82, 2.24) is 10.5 Å². The first-order chi connectivity index (χ1) is 28.2. The minimum absolute atomic E-state index is 0.0112. The normalized spacial score (nSPS) is 31.0. The maximum atomic E-state index is 13.5. The van der Waals surface area contributed by atoms with Gasteiger partial charge in [-0.15, -0.1) is 0 Å². The Morgan fingerprint density at radius 3 is 2.44 bits per heavy atom. The number of amides is 1. The molecule has 0 aliphatic heterocycles. The highest BCUT2D eigenvalue weighted by atomic mass is 32.2. The summed E-state index contributed by atoms with van der Waals surface area (Å²) < 4.78 is 41.1. The Balaban J connectivity index is 0.925. The Labute approximate surface area is 346 Å². The lowest BCUT2D eigenvalue weighted by molar-refractivity contribution is -0.832. The van der Waals surface area contributed by atoms with Crippen molar-refractivity contribution >= 4 is 21.7 Å². The molecule has 7 rings (SSSR count). The van der Waals surface area contributed by atoms with Gasteiger partial charge in [0.25, 0.3) is 9.84 Å². The van der Waals surface area contributed by atoms with Crippen molar-refractivity contribution in [2.45, 2.75) is 126 Å². The smallest absolute Gasteiger partial charge is 0.415 e. The lowest BCUT2D eigenvalue weighted by atomic mass is 9.43. The number of carbonyl (C=O) groups excluding carboxylic acids is 2. The Morgan fingerprint density at radius 1 is 1.00 bits per heavy atom. The van der Waals surface area contributed by atoms with E-state index in [0.29, 0.717) is 30.1 Å². The zero-order chi connectivity index (χ0) is 42.0. The van der Waals surface area contributed by atoms with Gasteiger partial charge in [0.1, 0.15) is 18.8 Å². The number of rotatable bonds is 13. The van der Waals surface area contributed by atoms with Gasteiger partial charge in [-0.1, -0.05) is 75.2 Å². The van der Waals surface area contributed by atoms with E-state index in [-0.39, 0.29) is 76.4 Å². The molecule has 4 aliphatic carbocycles. The maximum absolute atomic E-state index is 13.5. The Morgan fingerprint density at radius 2 is 1.69 bits per heavy atom. The van der Waals surface area contributed by atoms with E-state index >= 15 is 0 Å². The summed E-state index contributed by atoms with van der Waals surface area (Å²) in [6, 6.07) is 15.7. The molecule has 0 spiro atoms. The van der Waals surface area contributed by atoms with Crippen molar-refractivity contribution in [3.8, 4) is 17.9 Å². The number of aliphatic hydroxyl groups excluding tert-OH is 2. The summed E-state index contributed by atoms with van der Waals surface area (Å²) in [7, 11) is -4.28. The fourth-order valence-electron chi connectivity index (χ4n) is 11.7. The standard InChI is InChI=1S/C45H57N3O10S/c1-29(34-17-18-35-40-36(21-23-45(34,35)3)44(2)22-20-32(49)27-31(44)28-38(40)50)16-19-39(51)46-37(26-30-12-6-4-7-13-30)43(52)57-25-11-10-24-56-41-42(48(53)58-47-41)59(54,55)33-14-8-5-9-15-33/h4-9,12-15,29,31-32,34-38,40,49-50H,10,16-24,26-28H2,1-3H3,(H,46,51)/t29-,31+,32-,34-,35+,36+,37+,38+,40?,44+,45-/m1/s1. The second kappa shape index (κ2) is 17.6. The van der Waals surface area contributed by atoms with Crippen molar-refractivity contribution in [1.29, 1.82) is 0 Å². The van der Waals surface area contributed by atoms with Crippen LogP contribution in [0, 0.1) is 63.6 Å². The minimum Gasteiger partial charge on any atom is -0.453 e. The Hall–Kier alpha value is -4.45. The number of carbonyl (C=O) groups is 2. The molecule has 14 heteroatoms. The molecular formula is C45H57N3O10S. The van der Waals surface area contributed by atoms with Crippen LogP contribution in [0.5, 0.6) is 5.88 Å². The molecule has 11 atom stereocenters. The second-order valence-corrected chi connectivity index (χ2v) is 19.8. The summed E-state index contributed by atoms with van der Waals surface area (Å²) in [5.74, 6) is 3.44. The second-order valence-electron chi connectivity index (χ2n) is 17.9. The van der Waals surface area contributed by atoms with Gasteiger partial charge < -0.3 is 30.2 Å². The summed E-state index contributed by atoms with van der Waals surface area (Å²) in [5, 5.41) is 39.7. The fourth-order valence-corrected chi connectivity index (χ4v) is 13.0. The fraction of sp³-hybridized carbons (Fsp3) is 0.600. The van der Waals surface area contributed by atoms with E-state index in [1.807, 2.05) is 30.3 Å². The number of fused-ring (bicyclic) bond motifs is 5. The van der Waals surface area contributed by atoms with Crippen LogP contribution in [-0.2, 0) is 30.6 Å². The first kappa shape index (κ1) is 42.7. The van der Waals surface area contributed by atoms with Gasteiger partial charge in [-0.2, -0.15) is 0 Å². The molecule has 1 unspecified atom stereocenters. The molecule has 2 aromatic carbocycles. The molecule has 13 nitrogen and oxygen atoms in total. The highest BCUT2D eigenvalue weighted by Gasteiger charge is 2.62. The molecule has 4 fully saturated rings. The predicted molar refractivity (Wildman–Crippen MR) is 214 cm³/mol. The largest absolute Gasteiger partial charge is 0.453 e. The highest BCUT2D eigenvalue weighted by molar-refractivity contribution is 7.91. The molecule has 0 saturated heterocycles. The third-order valence-corrected chi connectivity index (χ3v) is 16.4. The van der Waals surface area contributed by atoms with Crippen LogP contribution in [-0.4, -0.2) is 60.5 Å². The topological polar surface area (TPSA) is 192 Å². The number of hydrogen-bond donors (Lipinski definition) is 3. The van der Waals surface area contributed by atoms with Gasteiger partial charge in [0.2, 0.25) is 5.91 Å². The van der Waals surface area contributed by atoms with Crippen LogP contribution < -0.4 is 15.0 Å². The molecule has 1 heterocycles. The van der Waals surface area contributed by atoms with E-state index in [1.54, 1.807) is 6.07 Å². The van der Waals surface area contributed by atoms with Crippen LogP contribution in [0.2, 0.25) is 0 Å². The highest BCUT2D eigenvalue weighted by Crippen LogP contribution is 2.68. The van der Waals surface area contributed by atoms with Gasteiger partial charge in [-0.25, -0.2) is 13.2 Å². The molecule has 0 bridgehead atoms. The molecule has 1 aromatic heterocycles. The molecule has 4 aliphatic rings. The summed E-state index contributed by atoms with van der Waals surface area (Å²) >= 11 is 0. The average molecular weight is 832 g/mol. The zero-order valence-electron chi connectivity index (χ0n) is 34.1. The molecule has 59 heavy (non-hydrogen) atoms. The van der Waals surface area contributed by atoms with Crippen LogP contribution in [0.25, 0.3) is 0 Å². The van der Waals surface area contributed by atoms with E-state index in [1.165, 1.54) is 24.3 Å². The summed E-state index contributed by atoms with van der Waals surface area (Å²) in [6.07, 6.45) is 10.8. The average Bonchev–Trinajstić information content (AvgIpc) is 3.78. The quantitative estimate of drug-likeness (QED) is 0.0847. The van der Waals surface area contributed by atoms with Crippen molar-refractivity contribution < 1.29 is 47.2 Å². The minimum atomic E-state index is -4.28. The first-order valence-electron chi connectivity index (χ1n) is 21.1. The van der Waals surface area contributed by atoms with Gasteiger partial charge >= 0.3 is 16.9 Å². The van der Waals surface area contributed by atoms with Gasteiger partial charge in [-0.3, -0.25) is 9.42 Å². The van der Waals surface area contributed by atoms with E-state index in [0.717, 1.165) is 56.9 Å². The number of nitrogens with one attached hydrogen (secondary N) is 1. The maximum Gasteiger partial charge on any atom is 0.415 e. The number of esters is 1. The van der Waals surface area contributed by atoms with E-state index in [2.05, 4.69) is 47.9 Å². The number of hydrogen-bond acceptors (Lipinski definition) is 11. The molecule has 3 aromatic rings. The number of sulfone groups is 1. The first-order valence-corrected chi connectivity index (χ1v) is 22.6. The number of aromatic nitrogens is 2. The van der Waals surface area contributed by atoms with E-state index in [4.69, 9.17) is 9.47 Å². The van der Waals surface area contributed by atoms with Crippen LogP contribution in [0.1, 0.15) is 97.0 Å². The SMILES string of the molecule is C[C@H](CCC(=O)N[C@@H](Cc1ccccc1)C(=O)OC#CCCOc1no[n+]([O-])c1S(=O)(=O)c1ccccc1)[C@H]1CC[C@H]2C3[C@@H](O)C[C@@H]4C[C@H](O)CC[C@]4(C)[C@H]3CC[C@]12C. The zero-order valence-corrected chi connectivity index (χ0v) is 34.9. The molecule has 318 valence electrons. The third kappa shape index (κ3) is 8.75. The van der Waals surface area contributed by atoms with Crippen LogP contribution in [0.15, 0.2) is 75.2 Å². The number of benzene rings is 2. The van der Waals surface area contributed by atoms with Crippen molar-refractivity contribution in [3.63, 3.8) is 0 Å². The van der Waals surface area contributed by atoms with E-state index in [9.17, 15) is 33.4 Å². The molecule has 0 radical (unpaired) electrons. The lowest BCUT2D eigenvalue weighted by Crippen LogP contribution is -2.58. The van der Waals surface area contributed by atoms with Crippen LogP contribution >= 0.6 is 0 Å². The molecule has 4 saturated carbocycles. The van der Waals surface area contributed by atoms with Crippen LogP contribution in [0.4, 0.5) is 0 Å².